The number of amides is 1. The van der Waals surface area contributed by atoms with E-state index in [1.54, 1.807) is 17.0 Å². The van der Waals surface area contributed by atoms with Gasteiger partial charge in [-0.2, -0.15) is 0 Å². The molecule has 0 unspecified atom stereocenters. The lowest BCUT2D eigenvalue weighted by Gasteiger charge is -2.15. The number of carbonyl (C=O) groups is 1. The number of nitrogens with zero attached hydrogens (tertiary/aromatic N) is 3. The molecule has 1 amide bonds. The van der Waals surface area contributed by atoms with E-state index in [1.807, 2.05) is 42.5 Å². The lowest BCUT2D eigenvalue weighted by Crippen LogP contribution is -2.23. The van der Waals surface area contributed by atoms with Crippen LogP contribution in [0.4, 0.5) is 5.95 Å². The first kappa shape index (κ1) is 15.6. The molecular formula is C19H15ClN4O. The van der Waals surface area contributed by atoms with E-state index in [4.69, 9.17) is 17.3 Å². The Kier molecular flexibility index (Phi) is 3.86. The van der Waals surface area contributed by atoms with Crippen LogP contribution in [0.3, 0.4) is 0 Å². The van der Waals surface area contributed by atoms with Gasteiger partial charge in [0.25, 0.3) is 5.91 Å². The smallest absolute Gasteiger partial charge is 0.273 e. The van der Waals surface area contributed by atoms with Crippen LogP contribution in [0.2, 0.25) is 5.02 Å². The zero-order chi connectivity index (χ0) is 17.4. The number of fused-ring (bicyclic) bond motifs is 1. The number of aromatic nitrogens is 2. The maximum atomic E-state index is 12.7. The molecule has 0 spiro atoms. The minimum absolute atomic E-state index is 0.0959. The van der Waals surface area contributed by atoms with Crippen molar-refractivity contribution in [2.75, 3.05) is 5.73 Å². The van der Waals surface area contributed by atoms with Crippen molar-refractivity contribution in [1.82, 2.24) is 14.9 Å². The number of nitrogens with two attached hydrogens (primary N) is 1. The summed E-state index contributed by atoms with van der Waals surface area (Å²) in [5.41, 5.74) is 9.64. The summed E-state index contributed by atoms with van der Waals surface area (Å²) in [5, 5.41) is 0.643. The van der Waals surface area contributed by atoms with E-state index in [9.17, 15) is 4.79 Å². The third kappa shape index (κ3) is 2.94. The Bertz CT molecular complexity index is 942. The molecule has 2 heterocycles. The molecule has 25 heavy (non-hydrogen) atoms. The summed E-state index contributed by atoms with van der Waals surface area (Å²) >= 11 is 5.96. The lowest BCUT2D eigenvalue weighted by molar-refractivity contribution is 0.0762. The first-order chi connectivity index (χ1) is 12.1. The summed E-state index contributed by atoms with van der Waals surface area (Å²) in [5.74, 6) is -0.0261. The van der Waals surface area contributed by atoms with Gasteiger partial charge in [-0.15, -0.1) is 0 Å². The van der Waals surface area contributed by atoms with Gasteiger partial charge < -0.3 is 10.6 Å². The highest BCUT2D eigenvalue weighted by Gasteiger charge is 2.32. The molecule has 2 N–H and O–H groups in total. The summed E-state index contributed by atoms with van der Waals surface area (Å²) in [6, 6.07) is 17.2. The Labute approximate surface area is 150 Å². The predicted molar refractivity (Wildman–Crippen MR) is 96.9 cm³/mol. The van der Waals surface area contributed by atoms with Gasteiger partial charge in [0.1, 0.15) is 5.69 Å². The normalized spacial score (nSPS) is 13.2. The maximum Gasteiger partial charge on any atom is 0.273 e. The molecular weight excluding hydrogens is 336 g/mol. The quantitative estimate of drug-likeness (QED) is 0.784. The standard InChI is InChI=1S/C19H15ClN4O/c20-14-8-6-13(7-9-14)16-15-11-24(10-12-4-2-1-3-5-12)18(25)17(15)23-19(21)22-16/h1-9H,10-11H2,(H2,21,22,23). The third-order valence-corrected chi connectivity index (χ3v) is 4.45. The van der Waals surface area contributed by atoms with Gasteiger partial charge in [0.2, 0.25) is 5.95 Å². The Morgan fingerprint density at radius 3 is 2.40 bits per heavy atom. The molecule has 3 aromatic rings. The molecule has 5 nitrogen and oxygen atoms in total. The van der Waals surface area contributed by atoms with Crippen molar-refractivity contribution in [3.8, 4) is 11.3 Å². The van der Waals surface area contributed by atoms with Crippen LogP contribution in [0.15, 0.2) is 54.6 Å². The van der Waals surface area contributed by atoms with Crippen molar-refractivity contribution in [3.63, 3.8) is 0 Å². The Morgan fingerprint density at radius 2 is 1.68 bits per heavy atom. The Balaban J connectivity index is 1.72. The van der Waals surface area contributed by atoms with E-state index in [1.165, 1.54) is 0 Å². The average molecular weight is 351 g/mol. The van der Waals surface area contributed by atoms with Crippen molar-refractivity contribution < 1.29 is 4.79 Å². The number of nitrogen functional groups attached to an aromatic ring is 1. The second kappa shape index (κ2) is 6.18. The predicted octanol–water partition coefficient (Wildman–Crippen LogP) is 3.54. The van der Waals surface area contributed by atoms with E-state index in [2.05, 4.69) is 9.97 Å². The molecule has 0 radical (unpaired) electrons. The topological polar surface area (TPSA) is 72.1 Å². The summed E-state index contributed by atoms with van der Waals surface area (Å²) < 4.78 is 0. The summed E-state index contributed by atoms with van der Waals surface area (Å²) in [7, 11) is 0. The Morgan fingerprint density at radius 1 is 1.00 bits per heavy atom. The molecule has 0 aliphatic carbocycles. The molecule has 0 atom stereocenters. The second-order valence-corrected chi connectivity index (χ2v) is 6.35. The fourth-order valence-electron chi connectivity index (χ4n) is 3.02. The van der Waals surface area contributed by atoms with Crippen LogP contribution in [-0.2, 0) is 13.1 Å². The molecule has 0 saturated carbocycles. The fraction of sp³-hybridized carbons (Fsp3) is 0.105. The average Bonchev–Trinajstić information content (AvgIpc) is 2.92. The SMILES string of the molecule is Nc1nc2c(c(-c3ccc(Cl)cc3)n1)CN(Cc1ccccc1)C2=O. The summed E-state index contributed by atoms with van der Waals surface area (Å²) in [4.78, 5) is 23.1. The van der Waals surface area contributed by atoms with Crippen LogP contribution in [0.25, 0.3) is 11.3 Å². The van der Waals surface area contributed by atoms with Crippen molar-refractivity contribution in [2.45, 2.75) is 13.1 Å². The van der Waals surface area contributed by atoms with Gasteiger partial charge in [-0.05, 0) is 17.7 Å². The number of benzene rings is 2. The lowest BCUT2D eigenvalue weighted by atomic mass is 10.1. The molecule has 6 heteroatoms. The van der Waals surface area contributed by atoms with Crippen LogP contribution in [0.5, 0.6) is 0 Å². The largest absolute Gasteiger partial charge is 0.368 e. The highest BCUT2D eigenvalue weighted by atomic mass is 35.5. The van der Waals surface area contributed by atoms with E-state index in [-0.39, 0.29) is 11.9 Å². The minimum atomic E-state index is -0.122. The van der Waals surface area contributed by atoms with Gasteiger partial charge in [0.15, 0.2) is 0 Å². The maximum absolute atomic E-state index is 12.7. The molecule has 0 bridgehead atoms. The van der Waals surface area contributed by atoms with E-state index in [0.717, 1.165) is 16.7 Å². The van der Waals surface area contributed by atoms with Gasteiger partial charge in [0.05, 0.1) is 12.2 Å². The number of carbonyl (C=O) groups excluding carboxylic acids is 1. The molecule has 0 fully saturated rings. The van der Waals surface area contributed by atoms with Crippen LogP contribution in [0, 0.1) is 0 Å². The number of hydrogen-bond acceptors (Lipinski definition) is 4. The Hall–Kier alpha value is -2.92. The fourth-order valence-corrected chi connectivity index (χ4v) is 3.14. The van der Waals surface area contributed by atoms with Gasteiger partial charge in [-0.3, -0.25) is 4.79 Å². The number of hydrogen-bond donors (Lipinski definition) is 1. The van der Waals surface area contributed by atoms with Gasteiger partial charge in [-0.1, -0.05) is 54.1 Å². The van der Waals surface area contributed by atoms with Crippen LogP contribution < -0.4 is 5.73 Å². The molecule has 124 valence electrons. The van der Waals surface area contributed by atoms with Crippen molar-refractivity contribution >= 4 is 23.5 Å². The highest BCUT2D eigenvalue weighted by Crippen LogP contribution is 2.32. The van der Waals surface area contributed by atoms with Gasteiger partial charge >= 0.3 is 0 Å². The first-order valence-corrected chi connectivity index (χ1v) is 8.25. The van der Waals surface area contributed by atoms with Crippen molar-refractivity contribution in [3.05, 3.63) is 76.4 Å². The van der Waals surface area contributed by atoms with Crippen LogP contribution in [0.1, 0.15) is 21.6 Å². The van der Waals surface area contributed by atoms with Gasteiger partial charge in [-0.25, -0.2) is 9.97 Å². The summed E-state index contributed by atoms with van der Waals surface area (Å²) in [6.07, 6.45) is 0. The van der Waals surface area contributed by atoms with E-state index in [0.29, 0.717) is 29.5 Å². The first-order valence-electron chi connectivity index (χ1n) is 7.87. The molecule has 1 aliphatic heterocycles. The third-order valence-electron chi connectivity index (χ3n) is 4.20. The van der Waals surface area contributed by atoms with Gasteiger partial charge in [0, 0.05) is 22.7 Å². The minimum Gasteiger partial charge on any atom is -0.368 e. The van der Waals surface area contributed by atoms with Crippen molar-refractivity contribution in [1.29, 1.82) is 0 Å². The summed E-state index contributed by atoms with van der Waals surface area (Å²) in [6.45, 7) is 0.983. The van der Waals surface area contributed by atoms with E-state index < -0.39 is 0 Å². The monoisotopic (exact) mass is 350 g/mol. The molecule has 2 aromatic carbocycles. The second-order valence-electron chi connectivity index (χ2n) is 5.91. The number of anilines is 1. The van der Waals surface area contributed by atoms with Crippen LogP contribution >= 0.6 is 11.6 Å². The molecule has 1 aromatic heterocycles. The van der Waals surface area contributed by atoms with Crippen molar-refractivity contribution in [2.24, 2.45) is 0 Å². The molecule has 1 aliphatic rings. The molecule has 0 saturated heterocycles. The van der Waals surface area contributed by atoms with E-state index >= 15 is 0 Å². The van der Waals surface area contributed by atoms with Crippen LogP contribution in [-0.4, -0.2) is 20.8 Å². The number of rotatable bonds is 3. The number of halogens is 1. The highest BCUT2D eigenvalue weighted by molar-refractivity contribution is 6.30. The zero-order valence-electron chi connectivity index (χ0n) is 13.3. The zero-order valence-corrected chi connectivity index (χ0v) is 14.1. The molecule has 4 rings (SSSR count).